The van der Waals surface area contributed by atoms with Crippen LogP contribution in [0.2, 0.25) is 0 Å². The summed E-state index contributed by atoms with van der Waals surface area (Å²) in [7, 11) is -2.90. The molecular weight excluding hydrogens is 278 g/mol. The van der Waals surface area contributed by atoms with Crippen LogP contribution in [0.4, 0.5) is 0 Å². The van der Waals surface area contributed by atoms with Gasteiger partial charge < -0.3 is 14.8 Å². The third-order valence-electron chi connectivity index (χ3n) is 3.96. The van der Waals surface area contributed by atoms with Crippen molar-refractivity contribution >= 4 is 9.84 Å². The van der Waals surface area contributed by atoms with E-state index in [0.717, 1.165) is 17.1 Å². The fourth-order valence-corrected chi connectivity index (χ4v) is 5.02. The van der Waals surface area contributed by atoms with Gasteiger partial charge in [-0.1, -0.05) is 6.07 Å². The second-order valence-electron chi connectivity index (χ2n) is 5.88. The fourth-order valence-electron chi connectivity index (χ4n) is 2.91. The van der Waals surface area contributed by atoms with E-state index >= 15 is 0 Å². The van der Waals surface area contributed by atoms with Gasteiger partial charge in [-0.2, -0.15) is 0 Å². The van der Waals surface area contributed by atoms with Gasteiger partial charge in [0.25, 0.3) is 0 Å². The first-order chi connectivity index (χ1) is 9.37. The largest absolute Gasteiger partial charge is 0.454 e. The minimum atomic E-state index is -2.90. The Morgan fingerprint density at radius 1 is 1.30 bits per heavy atom. The number of hydrogen-bond acceptors (Lipinski definition) is 5. The molecule has 1 aromatic carbocycles. The van der Waals surface area contributed by atoms with Crippen LogP contribution in [0.15, 0.2) is 18.2 Å². The molecule has 0 bridgehead atoms. The summed E-state index contributed by atoms with van der Waals surface area (Å²) in [5.41, 5.74) is 0.717. The molecule has 0 saturated carbocycles. The summed E-state index contributed by atoms with van der Waals surface area (Å²) in [6.45, 7) is 4.27. The van der Waals surface area contributed by atoms with Crippen LogP contribution in [0.1, 0.15) is 31.9 Å². The topological polar surface area (TPSA) is 64.6 Å². The van der Waals surface area contributed by atoms with E-state index < -0.39 is 9.84 Å². The van der Waals surface area contributed by atoms with Crippen molar-refractivity contribution in [2.75, 3.05) is 18.3 Å². The molecule has 2 heterocycles. The zero-order chi connectivity index (χ0) is 14.4. The molecule has 2 aliphatic heterocycles. The van der Waals surface area contributed by atoms with E-state index in [0.29, 0.717) is 6.42 Å². The molecule has 2 unspecified atom stereocenters. The lowest BCUT2D eigenvalue weighted by atomic mass is 9.98. The second kappa shape index (κ2) is 4.63. The number of rotatable bonds is 3. The minimum absolute atomic E-state index is 0.0581. The summed E-state index contributed by atoms with van der Waals surface area (Å²) in [5, 5.41) is 3.44. The smallest absolute Gasteiger partial charge is 0.231 e. The molecule has 2 aliphatic rings. The van der Waals surface area contributed by atoms with E-state index in [2.05, 4.69) is 5.32 Å². The quantitative estimate of drug-likeness (QED) is 0.919. The standard InChI is InChI=1S/C14H19NO4S/c1-10(15-14(2)5-6-20(16,17)8-14)11-3-4-12-13(7-11)19-9-18-12/h3-4,7,10,15H,5-6,8-9H2,1-2H3. The molecule has 0 spiro atoms. The first-order valence-corrected chi connectivity index (χ1v) is 8.57. The van der Waals surface area contributed by atoms with Gasteiger partial charge in [0.1, 0.15) is 0 Å². The van der Waals surface area contributed by atoms with E-state index in [9.17, 15) is 8.42 Å². The van der Waals surface area contributed by atoms with Crippen LogP contribution in [-0.2, 0) is 9.84 Å². The number of sulfone groups is 1. The SMILES string of the molecule is CC(NC1(C)CCS(=O)(=O)C1)c1ccc2c(c1)OCO2. The summed E-state index contributed by atoms with van der Waals surface area (Å²) < 4.78 is 33.9. The Balaban J connectivity index is 1.75. The van der Waals surface area contributed by atoms with Gasteiger partial charge in [0.2, 0.25) is 6.79 Å². The Labute approximate surface area is 119 Å². The summed E-state index contributed by atoms with van der Waals surface area (Å²) >= 11 is 0. The van der Waals surface area contributed by atoms with Gasteiger partial charge in [-0.15, -0.1) is 0 Å². The average Bonchev–Trinajstić information content (AvgIpc) is 2.92. The summed E-state index contributed by atoms with van der Waals surface area (Å²) in [6.07, 6.45) is 0.657. The molecule has 110 valence electrons. The van der Waals surface area contributed by atoms with Crippen LogP contribution in [0.25, 0.3) is 0 Å². The van der Waals surface area contributed by atoms with Crippen molar-refractivity contribution in [3.63, 3.8) is 0 Å². The molecule has 1 N–H and O–H groups in total. The number of hydrogen-bond donors (Lipinski definition) is 1. The lowest BCUT2D eigenvalue weighted by molar-refractivity contribution is 0.174. The normalized spacial score (nSPS) is 28.5. The third kappa shape index (κ3) is 2.62. The van der Waals surface area contributed by atoms with Gasteiger partial charge >= 0.3 is 0 Å². The molecule has 20 heavy (non-hydrogen) atoms. The maximum atomic E-state index is 11.6. The Hall–Kier alpha value is -1.27. The van der Waals surface area contributed by atoms with E-state index in [1.165, 1.54) is 0 Å². The Morgan fingerprint density at radius 2 is 2.05 bits per heavy atom. The molecule has 0 aromatic heterocycles. The Morgan fingerprint density at radius 3 is 2.75 bits per heavy atom. The summed E-state index contributed by atoms with van der Waals surface area (Å²) in [6, 6.07) is 5.89. The Bertz CT molecular complexity index is 628. The number of benzene rings is 1. The zero-order valence-corrected chi connectivity index (χ0v) is 12.5. The highest BCUT2D eigenvalue weighted by atomic mass is 32.2. The maximum Gasteiger partial charge on any atom is 0.231 e. The van der Waals surface area contributed by atoms with Crippen molar-refractivity contribution < 1.29 is 17.9 Å². The second-order valence-corrected chi connectivity index (χ2v) is 8.07. The molecular formula is C14H19NO4S. The van der Waals surface area contributed by atoms with E-state index in [4.69, 9.17) is 9.47 Å². The highest BCUT2D eigenvalue weighted by Crippen LogP contribution is 2.35. The van der Waals surface area contributed by atoms with Gasteiger partial charge in [-0.25, -0.2) is 8.42 Å². The zero-order valence-electron chi connectivity index (χ0n) is 11.7. The monoisotopic (exact) mass is 297 g/mol. The van der Waals surface area contributed by atoms with Crippen molar-refractivity contribution in [1.82, 2.24) is 5.32 Å². The van der Waals surface area contributed by atoms with Gasteiger partial charge in [0.15, 0.2) is 21.3 Å². The van der Waals surface area contributed by atoms with Gasteiger partial charge in [-0.3, -0.25) is 0 Å². The summed E-state index contributed by atoms with van der Waals surface area (Å²) in [5.74, 6) is 1.98. The maximum absolute atomic E-state index is 11.6. The predicted octanol–water partition coefficient (Wildman–Crippen LogP) is 1.64. The number of nitrogens with one attached hydrogen (secondary N) is 1. The van der Waals surface area contributed by atoms with E-state index in [1.807, 2.05) is 32.0 Å². The van der Waals surface area contributed by atoms with Crippen molar-refractivity contribution in [2.24, 2.45) is 0 Å². The number of ether oxygens (including phenoxy) is 2. The van der Waals surface area contributed by atoms with Crippen molar-refractivity contribution in [3.8, 4) is 11.5 Å². The molecule has 3 rings (SSSR count). The Kier molecular flexibility index (Phi) is 3.17. The molecule has 6 heteroatoms. The third-order valence-corrected chi connectivity index (χ3v) is 5.87. The minimum Gasteiger partial charge on any atom is -0.454 e. The van der Waals surface area contributed by atoms with Gasteiger partial charge in [-0.05, 0) is 38.0 Å². The molecule has 1 aromatic rings. The molecule has 0 amide bonds. The lowest BCUT2D eigenvalue weighted by Gasteiger charge is -2.29. The van der Waals surface area contributed by atoms with Crippen LogP contribution in [-0.4, -0.2) is 32.3 Å². The molecule has 1 saturated heterocycles. The van der Waals surface area contributed by atoms with Crippen LogP contribution in [0.5, 0.6) is 11.5 Å². The fraction of sp³-hybridized carbons (Fsp3) is 0.571. The van der Waals surface area contributed by atoms with Gasteiger partial charge in [0, 0.05) is 11.6 Å². The first-order valence-electron chi connectivity index (χ1n) is 6.75. The lowest BCUT2D eigenvalue weighted by Crippen LogP contribution is -2.44. The highest BCUT2D eigenvalue weighted by Gasteiger charge is 2.39. The van der Waals surface area contributed by atoms with E-state index in [-0.39, 0.29) is 29.9 Å². The van der Waals surface area contributed by atoms with Crippen LogP contribution in [0, 0.1) is 0 Å². The highest BCUT2D eigenvalue weighted by molar-refractivity contribution is 7.91. The molecule has 0 aliphatic carbocycles. The molecule has 0 radical (unpaired) electrons. The van der Waals surface area contributed by atoms with Crippen LogP contribution in [0.3, 0.4) is 0 Å². The number of fused-ring (bicyclic) bond motifs is 1. The van der Waals surface area contributed by atoms with Crippen molar-refractivity contribution in [2.45, 2.75) is 31.8 Å². The first kappa shape index (κ1) is 13.7. The molecule has 1 fully saturated rings. The van der Waals surface area contributed by atoms with Crippen molar-refractivity contribution in [3.05, 3.63) is 23.8 Å². The molecule has 2 atom stereocenters. The van der Waals surface area contributed by atoms with Crippen molar-refractivity contribution in [1.29, 1.82) is 0 Å². The van der Waals surface area contributed by atoms with Crippen LogP contribution >= 0.6 is 0 Å². The van der Waals surface area contributed by atoms with Gasteiger partial charge in [0.05, 0.1) is 11.5 Å². The summed E-state index contributed by atoms with van der Waals surface area (Å²) in [4.78, 5) is 0. The predicted molar refractivity (Wildman–Crippen MR) is 75.8 cm³/mol. The average molecular weight is 297 g/mol. The van der Waals surface area contributed by atoms with Crippen LogP contribution < -0.4 is 14.8 Å². The molecule has 5 nitrogen and oxygen atoms in total. The van der Waals surface area contributed by atoms with E-state index in [1.54, 1.807) is 0 Å².